The van der Waals surface area contributed by atoms with Gasteiger partial charge in [-0.3, -0.25) is 0 Å². The number of likely N-dealkylation sites (tertiary alicyclic amines) is 1. The smallest absolute Gasteiger partial charge is 0.170 e. The van der Waals surface area contributed by atoms with Crippen molar-refractivity contribution in [1.82, 2.24) is 10.2 Å². The minimum Gasteiger partial charge on any atom is -0.493 e. The van der Waals surface area contributed by atoms with Gasteiger partial charge in [-0.2, -0.15) is 0 Å². The lowest BCUT2D eigenvalue weighted by molar-refractivity contribution is 0.143. The fourth-order valence-corrected chi connectivity index (χ4v) is 3.61. The molecule has 0 radical (unpaired) electrons. The zero-order chi connectivity index (χ0) is 18.1. The van der Waals surface area contributed by atoms with E-state index in [1.807, 2.05) is 18.2 Å². The Morgan fingerprint density at radius 2 is 2.04 bits per heavy atom. The molecule has 1 aromatic carbocycles. The van der Waals surface area contributed by atoms with Crippen molar-refractivity contribution in [3.05, 3.63) is 18.2 Å². The van der Waals surface area contributed by atoms with E-state index in [0.717, 1.165) is 31.2 Å². The van der Waals surface area contributed by atoms with Crippen LogP contribution in [0, 0.1) is 0 Å². The molecule has 140 valence electrons. The van der Waals surface area contributed by atoms with Crippen LogP contribution in [0.2, 0.25) is 0 Å². The average Bonchev–Trinajstić information content (AvgIpc) is 2.65. The van der Waals surface area contributed by atoms with Gasteiger partial charge in [0, 0.05) is 30.9 Å². The fourth-order valence-electron chi connectivity index (χ4n) is 3.39. The van der Waals surface area contributed by atoms with Gasteiger partial charge < -0.3 is 25.0 Å². The summed E-state index contributed by atoms with van der Waals surface area (Å²) in [7, 11) is 3.25. The number of piperidine rings is 1. The zero-order valence-electron chi connectivity index (χ0n) is 15.6. The second-order valence-electron chi connectivity index (χ2n) is 6.40. The molecule has 1 heterocycles. The molecule has 2 rings (SSSR count). The first-order valence-corrected chi connectivity index (χ1v) is 9.59. The summed E-state index contributed by atoms with van der Waals surface area (Å²) in [6, 6.07) is 6.44. The first kappa shape index (κ1) is 19.8. The highest BCUT2D eigenvalue weighted by atomic mass is 32.1. The second kappa shape index (κ2) is 10.5. The van der Waals surface area contributed by atoms with E-state index in [1.54, 1.807) is 14.2 Å². The van der Waals surface area contributed by atoms with Crippen LogP contribution >= 0.6 is 12.2 Å². The maximum Gasteiger partial charge on any atom is 0.170 e. The quantitative estimate of drug-likeness (QED) is 0.542. The molecule has 1 aliphatic heterocycles. The zero-order valence-corrected chi connectivity index (χ0v) is 16.5. The molecule has 1 atom stereocenters. The van der Waals surface area contributed by atoms with Gasteiger partial charge >= 0.3 is 0 Å². The highest BCUT2D eigenvalue weighted by Gasteiger charge is 2.19. The molecule has 0 saturated carbocycles. The summed E-state index contributed by atoms with van der Waals surface area (Å²) in [6.07, 6.45) is 6.43. The van der Waals surface area contributed by atoms with Gasteiger partial charge in [0.25, 0.3) is 0 Å². The molecular weight excluding hydrogens is 334 g/mol. The van der Waals surface area contributed by atoms with Crippen molar-refractivity contribution in [1.29, 1.82) is 0 Å². The Kier molecular flexibility index (Phi) is 8.28. The van der Waals surface area contributed by atoms with Crippen molar-refractivity contribution in [2.75, 3.05) is 39.2 Å². The van der Waals surface area contributed by atoms with Crippen molar-refractivity contribution in [3.63, 3.8) is 0 Å². The van der Waals surface area contributed by atoms with E-state index in [-0.39, 0.29) is 0 Å². The molecule has 1 aromatic rings. The third-order valence-electron chi connectivity index (χ3n) is 4.77. The standard InChI is InChI=1S/C19H31N3O2S/c1-4-16-8-5-6-12-22(16)13-7-11-20-19(25)21-15-9-10-17(23-2)18(14-15)24-3/h9-10,14,16H,4-8,11-13H2,1-3H3,(H2,20,21,25). The number of benzene rings is 1. The van der Waals surface area contributed by atoms with Crippen molar-refractivity contribution >= 4 is 23.0 Å². The van der Waals surface area contributed by atoms with Crippen LogP contribution in [0.15, 0.2) is 18.2 Å². The lowest BCUT2D eigenvalue weighted by atomic mass is 10.00. The van der Waals surface area contributed by atoms with E-state index < -0.39 is 0 Å². The number of thiocarbonyl (C=S) groups is 1. The summed E-state index contributed by atoms with van der Waals surface area (Å²) in [5.74, 6) is 1.39. The van der Waals surface area contributed by atoms with Gasteiger partial charge in [-0.25, -0.2) is 0 Å². The van der Waals surface area contributed by atoms with Gasteiger partial charge in [-0.1, -0.05) is 13.3 Å². The molecular formula is C19H31N3O2S. The number of ether oxygens (including phenoxy) is 2. The topological polar surface area (TPSA) is 45.8 Å². The predicted molar refractivity (Wildman–Crippen MR) is 108 cm³/mol. The minimum atomic E-state index is 0.637. The molecule has 1 fully saturated rings. The van der Waals surface area contributed by atoms with Gasteiger partial charge in [0.05, 0.1) is 14.2 Å². The van der Waals surface area contributed by atoms with Crippen LogP contribution in [0.25, 0.3) is 0 Å². The van der Waals surface area contributed by atoms with Crippen LogP contribution in [-0.2, 0) is 0 Å². The van der Waals surface area contributed by atoms with E-state index in [0.29, 0.717) is 16.6 Å². The molecule has 0 bridgehead atoms. The van der Waals surface area contributed by atoms with Crippen molar-refractivity contribution in [2.24, 2.45) is 0 Å². The summed E-state index contributed by atoms with van der Waals surface area (Å²) < 4.78 is 10.6. The van der Waals surface area contributed by atoms with Gasteiger partial charge in [-0.15, -0.1) is 0 Å². The number of rotatable bonds is 8. The lowest BCUT2D eigenvalue weighted by Gasteiger charge is -2.35. The summed E-state index contributed by atoms with van der Waals surface area (Å²) in [6.45, 7) is 5.56. The van der Waals surface area contributed by atoms with Gasteiger partial charge in [-0.05, 0) is 56.6 Å². The molecule has 0 spiro atoms. The minimum absolute atomic E-state index is 0.637. The number of hydrogen-bond acceptors (Lipinski definition) is 4. The lowest BCUT2D eigenvalue weighted by Crippen LogP contribution is -2.40. The Bertz CT molecular complexity index is 553. The Morgan fingerprint density at radius 1 is 1.24 bits per heavy atom. The molecule has 1 unspecified atom stereocenters. The second-order valence-corrected chi connectivity index (χ2v) is 6.81. The molecule has 1 aliphatic rings. The Labute approximate surface area is 157 Å². The Morgan fingerprint density at radius 3 is 2.76 bits per heavy atom. The SMILES string of the molecule is CCC1CCCCN1CCCNC(=S)Nc1ccc(OC)c(OC)c1. The summed E-state index contributed by atoms with van der Waals surface area (Å²) in [5, 5.41) is 7.13. The van der Waals surface area contributed by atoms with Crippen LogP contribution in [0.1, 0.15) is 39.0 Å². The van der Waals surface area contributed by atoms with E-state index in [4.69, 9.17) is 21.7 Å². The van der Waals surface area contributed by atoms with Crippen molar-refractivity contribution in [2.45, 2.75) is 45.1 Å². The highest BCUT2D eigenvalue weighted by Crippen LogP contribution is 2.29. The molecule has 25 heavy (non-hydrogen) atoms. The van der Waals surface area contributed by atoms with Gasteiger partial charge in [0.1, 0.15) is 0 Å². The van der Waals surface area contributed by atoms with Crippen LogP contribution in [0.3, 0.4) is 0 Å². The van der Waals surface area contributed by atoms with E-state index in [2.05, 4.69) is 22.5 Å². The average molecular weight is 366 g/mol. The molecule has 1 saturated heterocycles. The molecule has 5 nitrogen and oxygen atoms in total. The number of nitrogens with one attached hydrogen (secondary N) is 2. The van der Waals surface area contributed by atoms with E-state index in [9.17, 15) is 0 Å². The largest absolute Gasteiger partial charge is 0.493 e. The highest BCUT2D eigenvalue weighted by molar-refractivity contribution is 7.80. The maximum atomic E-state index is 5.38. The van der Waals surface area contributed by atoms with E-state index in [1.165, 1.54) is 32.2 Å². The third-order valence-corrected chi connectivity index (χ3v) is 5.02. The van der Waals surface area contributed by atoms with Crippen molar-refractivity contribution in [3.8, 4) is 11.5 Å². The van der Waals surface area contributed by atoms with Gasteiger partial charge in [0.2, 0.25) is 0 Å². The Balaban J connectivity index is 1.72. The monoisotopic (exact) mass is 365 g/mol. The maximum absolute atomic E-state index is 5.38. The fraction of sp³-hybridized carbons (Fsp3) is 0.632. The first-order valence-electron chi connectivity index (χ1n) is 9.18. The number of nitrogens with zero attached hydrogens (tertiary/aromatic N) is 1. The van der Waals surface area contributed by atoms with Gasteiger partial charge in [0.15, 0.2) is 16.6 Å². The summed E-state index contributed by atoms with van der Waals surface area (Å²) in [5.41, 5.74) is 0.886. The van der Waals surface area contributed by atoms with Crippen LogP contribution in [0.4, 0.5) is 5.69 Å². The van der Waals surface area contributed by atoms with Crippen LogP contribution < -0.4 is 20.1 Å². The predicted octanol–water partition coefficient (Wildman–Crippen LogP) is 3.64. The summed E-state index contributed by atoms with van der Waals surface area (Å²) in [4.78, 5) is 2.63. The normalized spacial score (nSPS) is 17.8. The first-order chi connectivity index (χ1) is 12.2. The van der Waals surface area contributed by atoms with E-state index >= 15 is 0 Å². The number of anilines is 1. The molecule has 2 N–H and O–H groups in total. The number of methoxy groups -OCH3 is 2. The summed E-state index contributed by atoms with van der Waals surface area (Å²) >= 11 is 5.38. The van der Waals surface area contributed by atoms with Crippen LogP contribution in [0.5, 0.6) is 11.5 Å². The molecule has 0 amide bonds. The van der Waals surface area contributed by atoms with Crippen molar-refractivity contribution < 1.29 is 9.47 Å². The number of hydrogen-bond donors (Lipinski definition) is 2. The molecule has 0 aliphatic carbocycles. The Hall–Kier alpha value is -1.53. The molecule has 0 aromatic heterocycles. The molecule has 6 heteroatoms. The van der Waals surface area contributed by atoms with Crippen LogP contribution in [-0.4, -0.2) is 49.9 Å². The third kappa shape index (κ3) is 6.04.